The number of aromatic nitrogens is 1. The number of nitriles is 2. The fourth-order valence-corrected chi connectivity index (χ4v) is 1.86. The molecule has 1 aromatic heterocycles. The first-order chi connectivity index (χ1) is 9.19. The lowest BCUT2D eigenvalue weighted by atomic mass is 10.00. The molecule has 0 radical (unpaired) electrons. The SMILES string of the molecule is N#Cc1cc(-c2ccc(Cl)cc2C=O)cnc1C#N. The summed E-state index contributed by atoms with van der Waals surface area (Å²) in [7, 11) is 0. The number of hydrogen-bond acceptors (Lipinski definition) is 4. The maximum Gasteiger partial charge on any atom is 0.158 e. The summed E-state index contributed by atoms with van der Waals surface area (Å²) >= 11 is 5.82. The maximum absolute atomic E-state index is 11.0. The minimum Gasteiger partial charge on any atom is -0.298 e. The summed E-state index contributed by atoms with van der Waals surface area (Å²) in [6.45, 7) is 0. The molecule has 0 amide bonds. The smallest absolute Gasteiger partial charge is 0.158 e. The highest BCUT2D eigenvalue weighted by Crippen LogP contribution is 2.26. The molecule has 2 aromatic rings. The van der Waals surface area contributed by atoms with Gasteiger partial charge in [0.1, 0.15) is 12.1 Å². The molecule has 0 atom stereocenters. The van der Waals surface area contributed by atoms with E-state index in [-0.39, 0.29) is 11.3 Å². The average molecular weight is 268 g/mol. The monoisotopic (exact) mass is 267 g/mol. The fourth-order valence-electron chi connectivity index (χ4n) is 1.68. The van der Waals surface area contributed by atoms with Crippen LogP contribution in [0.2, 0.25) is 5.02 Å². The molecule has 1 heterocycles. The Morgan fingerprint density at radius 3 is 2.63 bits per heavy atom. The normalized spacial score (nSPS) is 9.42. The van der Waals surface area contributed by atoms with Crippen LogP contribution in [0.1, 0.15) is 21.6 Å². The van der Waals surface area contributed by atoms with Gasteiger partial charge < -0.3 is 0 Å². The van der Waals surface area contributed by atoms with Gasteiger partial charge in [-0.05, 0) is 23.8 Å². The first-order valence-electron chi connectivity index (χ1n) is 5.25. The van der Waals surface area contributed by atoms with E-state index < -0.39 is 0 Å². The highest BCUT2D eigenvalue weighted by atomic mass is 35.5. The van der Waals surface area contributed by atoms with E-state index >= 15 is 0 Å². The van der Waals surface area contributed by atoms with Gasteiger partial charge in [-0.2, -0.15) is 10.5 Å². The van der Waals surface area contributed by atoms with Gasteiger partial charge in [0.05, 0.1) is 5.56 Å². The molecule has 0 saturated heterocycles. The molecule has 0 spiro atoms. The highest BCUT2D eigenvalue weighted by Gasteiger charge is 2.09. The minimum absolute atomic E-state index is 0.0628. The van der Waals surface area contributed by atoms with Crippen molar-refractivity contribution in [1.82, 2.24) is 4.98 Å². The van der Waals surface area contributed by atoms with Crippen LogP contribution in [-0.4, -0.2) is 11.3 Å². The summed E-state index contributed by atoms with van der Waals surface area (Å²) in [5, 5.41) is 18.2. The molecule has 1 aromatic carbocycles. The van der Waals surface area contributed by atoms with Crippen molar-refractivity contribution in [1.29, 1.82) is 10.5 Å². The van der Waals surface area contributed by atoms with Gasteiger partial charge in [0.15, 0.2) is 12.0 Å². The van der Waals surface area contributed by atoms with Crippen LogP contribution in [-0.2, 0) is 0 Å². The predicted octanol–water partition coefficient (Wildman–Crippen LogP) is 2.96. The Labute approximate surface area is 114 Å². The number of rotatable bonds is 2. The number of nitrogens with zero attached hydrogens (tertiary/aromatic N) is 3. The van der Waals surface area contributed by atoms with Crippen LogP contribution in [0.25, 0.3) is 11.1 Å². The molecule has 0 unspecified atom stereocenters. The number of pyridine rings is 1. The quantitative estimate of drug-likeness (QED) is 0.784. The average Bonchev–Trinajstić information content (AvgIpc) is 2.46. The maximum atomic E-state index is 11.0. The molecule has 0 aliphatic carbocycles. The summed E-state index contributed by atoms with van der Waals surface area (Å²) in [4.78, 5) is 14.9. The van der Waals surface area contributed by atoms with Crippen LogP contribution in [0.15, 0.2) is 30.5 Å². The molecule has 0 fully saturated rings. The Balaban J connectivity index is 2.64. The number of carbonyl (C=O) groups excluding carboxylic acids is 1. The minimum atomic E-state index is 0.0628. The van der Waals surface area contributed by atoms with Crippen molar-refractivity contribution in [2.24, 2.45) is 0 Å². The zero-order valence-corrected chi connectivity index (χ0v) is 10.3. The Morgan fingerprint density at radius 2 is 2.00 bits per heavy atom. The summed E-state index contributed by atoms with van der Waals surface area (Å²) in [5.41, 5.74) is 1.85. The summed E-state index contributed by atoms with van der Waals surface area (Å²) < 4.78 is 0. The molecule has 0 saturated carbocycles. The number of aldehydes is 1. The Bertz CT molecular complexity index is 741. The molecule has 4 nitrogen and oxygen atoms in total. The van der Waals surface area contributed by atoms with Crippen LogP contribution < -0.4 is 0 Å². The van der Waals surface area contributed by atoms with Crippen molar-refractivity contribution in [3.05, 3.63) is 52.3 Å². The first kappa shape index (κ1) is 12.8. The molecular weight excluding hydrogens is 262 g/mol. The fraction of sp³-hybridized carbons (Fsp3) is 0. The van der Waals surface area contributed by atoms with E-state index in [0.29, 0.717) is 28.0 Å². The Morgan fingerprint density at radius 1 is 1.21 bits per heavy atom. The topological polar surface area (TPSA) is 77.5 Å². The zero-order chi connectivity index (χ0) is 13.8. The predicted molar refractivity (Wildman–Crippen MR) is 69.5 cm³/mol. The molecule has 0 bridgehead atoms. The van der Waals surface area contributed by atoms with E-state index in [2.05, 4.69) is 4.98 Å². The lowest BCUT2D eigenvalue weighted by Crippen LogP contribution is -1.93. The van der Waals surface area contributed by atoms with E-state index in [0.717, 1.165) is 0 Å². The zero-order valence-electron chi connectivity index (χ0n) is 9.59. The molecule has 2 rings (SSSR count). The van der Waals surface area contributed by atoms with Crippen molar-refractivity contribution in [3.8, 4) is 23.3 Å². The van der Waals surface area contributed by atoms with E-state index in [9.17, 15) is 4.79 Å². The number of hydrogen-bond donors (Lipinski definition) is 0. The van der Waals surface area contributed by atoms with E-state index in [4.69, 9.17) is 22.1 Å². The van der Waals surface area contributed by atoms with Crippen molar-refractivity contribution in [2.45, 2.75) is 0 Å². The number of carbonyl (C=O) groups is 1. The first-order valence-corrected chi connectivity index (χ1v) is 5.62. The van der Waals surface area contributed by atoms with Gasteiger partial charge in [-0.3, -0.25) is 4.79 Å². The van der Waals surface area contributed by atoms with Gasteiger partial charge in [0.25, 0.3) is 0 Å². The standard InChI is InChI=1S/C14H6ClN3O/c15-12-1-2-13(11(4-12)8-19)10-3-9(5-16)14(6-17)18-7-10/h1-4,7-8H. The van der Waals surface area contributed by atoms with Crippen molar-refractivity contribution in [3.63, 3.8) is 0 Å². The molecule has 0 aliphatic heterocycles. The summed E-state index contributed by atoms with van der Waals surface area (Å²) in [6.07, 6.45) is 2.14. The molecule has 90 valence electrons. The third-order valence-corrected chi connectivity index (χ3v) is 2.80. The van der Waals surface area contributed by atoms with Gasteiger partial charge in [0, 0.05) is 22.3 Å². The van der Waals surface area contributed by atoms with Crippen molar-refractivity contribution < 1.29 is 4.79 Å². The number of halogens is 1. The van der Waals surface area contributed by atoms with E-state index in [1.807, 2.05) is 12.1 Å². The van der Waals surface area contributed by atoms with Crippen molar-refractivity contribution >= 4 is 17.9 Å². The second-order valence-corrected chi connectivity index (χ2v) is 4.13. The van der Waals surface area contributed by atoms with Crippen LogP contribution in [0.4, 0.5) is 0 Å². The van der Waals surface area contributed by atoms with E-state index in [1.165, 1.54) is 18.3 Å². The third kappa shape index (κ3) is 2.44. The van der Waals surface area contributed by atoms with E-state index in [1.54, 1.807) is 12.1 Å². The molecule has 5 heteroatoms. The van der Waals surface area contributed by atoms with Crippen LogP contribution in [0.3, 0.4) is 0 Å². The number of benzene rings is 1. The van der Waals surface area contributed by atoms with Gasteiger partial charge in [-0.1, -0.05) is 17.7 Å². The van der Waals surface area contributed by atoms with Gasteiger partial charge >= 0.3 is 0 Å². The largest absolute Gasteiger partial charge is 0.298 e. The Hall–Kier alpha value is -2.69. The van der Waals surface area contributed by atoms with Crippen molar-refractivity contribution in [2.75, 3.05) is 0 Å². The van der Waals surface area contributed by atoms with Crippen LogP contribution >= 0.6 is 11.6 Å². The lowest BCUT2D eigenvalue weighted by molar-refractivity contribution is 0.112. The van der Waals surface area contributed by atoms with Gasteiger partial charge in [-0.25, -0.2) is 4.98 Å². The van der Waals surface area contributed by atoms with Crippen LogP contribution in [0.5, 0.6) is 0 Å². The van der Waals surface area contributed by atoms with Gasteiger partial charge in [0.2, 0.25) is 0 Å². The molecular formula is C14H6ClN3O. The molecule has 0 aliphatic rings. The Kier molecular flexibility index (Phi) is 3.56. The summed E-state index contributed by atoms with van der Waals surface area (Å²) in [5.74, 6) is 0. The lowest BCUT2D eigenvalue weighted by Gasteiger charge is -2.06. The second kappa shape index (κ2) is 5.30. The van der Waals surface area contributed by atoms with Gasteiger partial charge in [-0.15, -0.1) is 0 Å². The molecule has 0 N–H and O–H groups in total. The second-order valence-electron chi connectivity index (χ2n) is 3.69. The van der Waals surface area contributed by atoms with Crippen LogP contribution in [0, 0.1) is 22.7 Å². The molecule has 19 heavy (non-hydrogen) atoms. The highest BCUT2D eigenvalue weighted by molar-refractivity contribution is 6.31. The third-order valence-electron chi connectivity index (χ3n) is 2.57. The summed E-state index contributed by atoms with van der Waals surface area (Å²) in [6, 6.07) is 10.1.